The quantitative estimate of drug-likeness (QED) is 0.257. The van der Waals surface area contributed by atoms with E-state index in [4.69, 9.17) is 11.0 Å². The van der Waals surface area contributed by atoms with Crippen LogP contribution in [0.1, 0.15) is 48.4 Å². The van der Waals surface area contributed by atoms with Crippen molar-refractivity contribution >= 4 is 11.5 Å². The smallest absolute Gasteiger partial charge is 0.263 e. The van der Waals surface area contributed by atoms with Gasteiger partial charge in [-0.05, 0) is 30.9 Å². The van der Waals surface area contributed by atoms with Crippen molar-refractivity contribution in [2.75, 3.05) is 0 Å². The van der Waals surface area contributed by atoms with Gasteiger partial charge in [0, 0.05) is 12.0 Å². The molecule has 1 heterocycles. The number of aryl methyl sites for hydroxylation is 1. The zero-order valence-corrected chi connectivity index (χ0v) is 15.2. The number of unbranched alkanes of at least 4 members (excludes halogenated alkanes) is 3. The van der Waals surface area contributed by atoms with Crippen LogP contribution in [0.5, 0.6) is 0 Å². The van der Waals surface area contributed by atoms with E-state index in [0.29, 0.717) is 17.9 Å². The molecule has 0 N–H and O–H groups in total. The third kappa shape index (κ3) is 5.39. The van der Waals surface area contributed by atoms with Crippen LogP contribution in [0.2, 0.25) is 0 Å². The molecule has 0 aliphatic rings. The van der Waals surface area contributed by atoms with Crippen LogP contribution < -0.4 is 0 Å². The summed E-state index contributed by atoms with van der Waals surface area (Å²) in [5.74, 6) is 0.611. The van der Waals surface area contributed by atoms with Crippen LogP contribution in [0.3, 0.4) is 0 Å². The van der Waals surface area contributed by atoms with Crippen molar-refractivity contribution < 1.29 is 9.21 Å². The van der Waals surface area contributed by atoms with E-state index < -0.39 is 0 Å². The van der Waals surface area contributed by atoms with Crippen LogP contribution in [0.25, 0.3) is 16.2 Å². The average molecular weight is 358 g/mol. The van der Waals surface area contributed by atoms with Gasteiger partial charge in [-0.2, -0.15) is 0 Å². The Morgan fingerprint density at radius 1 is 1.00 bits per heavy atom. The number of ketones is 1. The van der Waals surface area contributed by atoms with Gasteiger partial charge in [-0.1, -0.05) is 61.4 Å². The molecule has 136 valence electrons. The van der Waals surface area contributed by atoms with E-state index in [9.17, 15) is 4.79 Å². The number of oxazole rings is 1. The van der Waals surface area contributed by atoms with Crippen molar-refractivity contribution in [3.63, 3.8) is 0 Å². The fraction of sp³-hybridized carbons (Fsp3) is 0.261. The maximum absolute atomic E-state index is 12.3. The SMILES string of the molecule is [C-]#[N+]c1cccc(-c2cnc(C(=O)CCCCCCc3ccccc3)o2)c1. The number of Topliss-reactive ketones (excluding diaryl/α,β-unsaturated/α-hetero) is 1. The Kier molecular flexibility index (Phi) is 6.54. The van der Waals surface area contributed by atoms with Gasteiger partial charge < -0.3 is 4.42 Å². The summed E-state index contributed by atoms with van der Waals surface area (Å²) >= 11 is 0. The molecule has 27 heavy (non-hydrogen) atoms. The number of rotatable bonds is 9. The number of carbonyl (C=O) groups is 1. The predicted molar refractivity (Wildman–Crippen MR) is 106 cm³/mol. The number of carbonyl (C=O) groups excluding carboxylic acids is 1. The monoisotopic (exact) mass is 358 g/mol. The summed E-state index contributed by atoms with van der Waals surface area (Å²) in [6, 6.07) is 17.6. The Bertz CT molecular complexity index is 923. The molecular formula is C23H22N2O2. The molecule has 3 aromatic rings. The van der Waals surface area contributed by atoms with Crippen LogP contribution in [0.15, 0.2) is 65.2 Å². The zero-order valence-electron chi connectivity index (χ0n) is 15.2. The highest BCUT2D eigenvalue weighted by molar-refractivity contribution is 5.92. The molecule has 4 heteroatoms. The minimum Gasteiger partial charge on any atom is -0.434 e. The summed E-state index contributed by atoms with van der Waals surface area (Å²) in [4.78, 5) is 19.8. The first-order valence-electron chi connectivity index (χ1n) is 9.27. The lowest BCUT2D eigenvalue weighted by Gasteiger charge is -2.01. The van der Waals surface area contributed by atoms with Gasteiger partial charge in [-0.25, -0.2) is 9.83 Å². The molecule has 0 aliphatic carbocycles. The second-order valence-corrected chi connectivity index (χ2v) is 6.51. The van der Waals surface area contributed by atoms with E-state index in [0.717, 1.165) is 37.7 Å². The van der Waals surface area contributed by atoms with Gasteiger partial charge in [0.25, 0.3) is 5.89 Å². The number of benzene rings is 2. The number of aromatic nitrogens is 1. The predicted octanol–water partition coefficient (Wildman–Crippen LogP) is 6.27. The van der Waals surface area contributed by atoms with E-state index in [1.807, 2.05) is 12.1 Å². The molecule has 0 atom stereocenters. The van der Waals surface area contributed by atoms with E-state index >= 15 is 0 Å². The van der Waals surface area contributed by atoms with E-state index in [-0.39, 0.29) is 11.7 Å². The van der Waals surface area contributed by atoms with Crippen molar-refractivity contribution in [1.82, 2.24) is 4.98 Å². The summed E-state index contributed by atoms with van der Waals surface area (Å²) in [5, 5.41) is 0. The number of hydrogen-bond donors (Lipinski definition) is 0. The van der Waals surface area contributed by atoms with E-state index in [1.165, 1.54) is 5.56 Å². The molecule has 4 nitrogen and oxygen atoms in total. The number of hydrogen-bond acceptors (Lipinski definition) is 3. The van der Waals surface area contributed by atoms with Crippen molar-refractivity contribution in [2.24, 2.45) is 0 Å². The third-order valence-electron chi connectivity index (χ3n) is 4.47. The first kappa shape index (κ1) is 18.6. The maximum atomic E-state index is 12.3. The molecule has 0 bridgehead atoms. The maximum Gasteiger partial charge on any atom is 0.263 e. The van der Waals surface area contributed by atoms with Crippen molar-refractivity contribution in [3.8, 4) is 11.3 Å². The fourth-order valence-corrected chi connectivity index (χ4v) is 2.99. The summed E-state index contributed by atoms with van der Waals surface area (Å²) in [5.41, 5.74) is 2.66. The lowest BCUT2D eigenvalue weighted by atomic mass is 10.0. The Labute approximate surface area is 159 Å². The van der Waals surface area contributed by atoms with Crippen LogP contribution in [-0.4, -0.2) is 10.8 Å². The Morgan fingerprint density at radius 3 is 2.63 bits per heavy atom. The average Bonchev–Trinajstić information content (AvgIpc) is 3.22. The van der Waals surface area contributed by atoms with Gasteiger partial charge in [0.05, 0.1) is 12.8 Å². The molecule has 0 radical (unpaired) electrons. The summed E-state index contributed by atoms with van der Waals surface area (Å²) < 4.78 is 5.60. The standard InChI is InChI=1S/C23H22N2O2/c1-24-20-14-9-13-19(16-20)22-17-25-23(27-22)21(26)15-8-3-2-5-10-18-11-6-4-7-12-18/h4,6-7,9,11-14,16-17H,2-3,5,8,10,15H2. The lowest BCUT2D eigenvalue weighted by Crippen LogP contribution is -1.99. The molecular weight excluding hydrogens is 336 g/mol. The molecule has 3 rings (SSSR count). The second-order valence-electron chi connectivity index (χ2n) is 6.51. The largest absolute Gasteiger partial charge is 0.434 e. The van der Waals surface area contributed by atoms with Crippen molar-refractivity contribution in [3.05, 3.63) is 83.7 Å². The van der Waals surface area contributed by atoms with E-state index in [2.05, 4.69) is 34.1 Å². The molecule has 0 spiro atoms. The van der Waals surface area contributed by atoms with Gasteiger partial charge in [0.2, 0.25) is 5.78 Å². The highest BCUT2D eigenvalue weighted by Crippen LogP contribution is 2.25. The third-order valence-corrected chi connectivity index (χ3v) is 4.47. The fourth-order valence-electron chi connectivity index (χ4n) is 2.99. The summed E-state index contributed by atoms with van der Waals surface area (Å²) in [6.45, 7) is 7.07. The molecule has 0 fully saturated rings. The van der Waals surface area contributed by atoms with Gasteiger partial charge in [-0.15, -0.1) is 0 Å². The Morgan fingerprint density at radius 2 is 1.81 bits per heavy atom. The molecule has 0 saturated heterocycles. The lowest BCUT2D eigenvalue weighted by molar-refractivity contribution is 0.0946. The Hall–Kier alpha value is -3.19. The topological polar surface area (TPSA) is 47.5 Å². The van der Waals surface area contributed by atoms with Gasteiger partial charge in [-0.3, -0.25) is 4.79 Å². The normalized spacial score (nSPS) is 10.5. The molecule has 0 unspecified atom stereocenters. The minimum atomic E-state index is -0.0642. The molecule has 0 aliphatic heterocycles. The first-order valence-corrected chi connectivity index (χ1v) is 9.27. The zero-order chi connectivity index (χ0) is 18.9. The molecule has 0 saturated carbocycles. The summed E-state index contributed by atoms with van der Waals surface area (Å²) in [6.07, 6.45) is 7.21. The molecule has 0 amide bonds. The number of nitrogens with zero attached hydrogens (tertiary/aromatic N) is 2. The summed E-state index contributed by atoms with van der Waals surface area (Å²) in [7, 11) is 0. The van der Waals surface area contributed by atoms with Crippen molar-refractivity contribution in [2.45, 2.75) is 38.5 Å². The van der Waals surface area contributed by atoms with Crippen LogP contribution >= 0.6 is 0 Å². The van der Waals surface area contributed by atoms with E-state index in [1.54, 1.807) is 24.4 Å². The molecule has 1 aromatic heterocycles. The minimum absolute atomic E-state index is 0.0642. The van der Waals surface area contributed by atoms with Crippen LogP contribution in [0, 0.1) is 6.57 Å². The van der Waals surface area contributed by atoms with Gasteiger partial charge in [0.15, 0.2) is 11.4 Å². The van der Waals surface area contributed by atoms with Gasteiger partial charge >= 0.3 is 0 Å². The van der Waals surface area contributed by atoms with Crippen molar-refractivity contribution in [1.29, 1.82) is 0 Å². The molecule has 2 aromatic carbocycles. The Balaban J connectivity index is 1.42. The van der Waals surface area contributed by atoms with Crippen LogP contribution in [-0.2, 0) is 6.42 Å². The van der Waals surface area contributed by atoms with Crippen LogP contribution in [0.4, 0.5) is 5.69 Å². The highest BCUT2D eigenvalue weighted by Gasteiger charge is 2.14. The first-order chi connectivity index (χ1) is 13.3. The van der Waals surface area contributed by atoms with Gasteiger partial charge in [0.1, 0.15) is 0 Å². The second kappa shape index (κ2) is 9.49. The highest BCUT2D eigenvalue weighted by atomic mass is 16.4.